The van der Waals surface area contributed by atoms with Crippen LogP contribution in [0.4, 0.5) is 11.5 Å². The lowest BCUT2D eigenvalue weighted by atomic mass is 10.2. The number of nitrogens with one attached hydrogen (secondary N) is 1. The molecule has 0 saturated carbocycles. The molecule has 1 aromatic carbocycles. The summed E-state index contributed by atoms with van der Waals surface area (Å²) >= 11 is 0. The first-order chi connectivity index (χ1) is 9.11. The summed E-state index contributed by atoms with van der Waals surface area (Å²) in [5.74, 6) is 0.559. The van der Waals surface area contributed by atoms with Crippen LogP contribution >= 0.6 is 0 Å². The summed E-state index contributed by atoms with van der Waals surface area (Å²) in [4.78, 5) is 18.2. The van der Waals surface area contributed by atoms with Gasteiger partial charge >= 0.3 is 0 Å². The topological polar surface area (TPSA) is 45.2 Å². The lowest BCUT2D eigenvalue weighted by molar-refractivity contribution is 0.0988. The summed E-state index contributed by atoms with van der Waals surface area (Å²) in [6.45, 7) is 2.02. The average Bonchev–Trinajstić information content (AvgIpc) is 2.46. The van der Waals surface area contributed by atoms with Gasteiger partial charge in [0, 0.05) is 19.8 Å². The van der Waals surface area contributed by atoms with Crippen LogP contribution in [0.15, 0.2) is 42.5 Å². The van der Waals surface area contributed by atoms with Gasteiger partial charge in [0.25, 0.3) is 5.91 Å². The summed E-state index contributed by atoms with van der Waals surface area (Å²) in [6, 6.07) is 13.2. The van der Waals surface area contributed by atoms with E-state index in [1.165, 1.54) is 5.56 Å². The Labute approximate surface area is 113 Å². The molecule has 2 rings (SSSR count). The third-order valence-corrected chi connectivity index (χ3v) is 2.95. The van der Waals surface area contributed by atoms with E-state index in [0.717, 1.165) is 5.69 Å². The van der Waals surface area contributed by atoms with Gasteiger partial charge in [-0.2, -0.15) is 0 Å². The minimum atomic E-state index is -0.124. The number of rotatable bonds is 3. The molecule has 0 spiro atoms. The number of hydrogen-bond acceptors (Lipinski definition) is 3. The second-order valence-electron chi connectivity index (χ2n) is 4.36. The van der Waals surface area contributed by atoms with E-state index in [2.05, 4.69) is 10.3 Å². The Kier molecular flexibility index (Phi) is 3.80. The number of nitrogens with zero attached hydrogens (tertiary/aromatic N) is 2. The number of aromatic nitrogens is 1. The number of anilines is 2. The average molecular weight is 255 g/mol. The molecule has 0 aliphatic rings. The zero-order valence-corrected chi connectivity index (χ0v) is 11.3. The number of hydrogen-bond donors (Lipinski definition) is 1. The molecule has 0 radical (unpaired) electrons. The first-order valence-corrected chi connectivity index (χ1v) is 6.11. The molecule has 1 N–H and O–H groups in total. The predicted molar refractivity (Wildman–Crippen MR) is 77.7 cm³/mol. The standard InChI is InChI=1S/C15H17N3O/c1-11-7-9-12(10-8-11)18(3)15(19)13-5-4-6-14(16-2)17-13/h4-10H,1-3H3,(H,16,17). The highest BCUT2D eigenvalue weighted by molar-refractivity contribution is 6.04. The van der Waals surface area contributed by atoms with Crippen LogP contribution in [0.3, 0.4) is 0 Å². The molecular formula is C15H17N3O. The molecule has 0 bridgehead atoms. The zero-order chi connectivity index (χ0) is 13.8. The van der Waals surface area contributed by atoms with Crippen molar-refractivity contribution in [2.24, 2.45) is 0 Å². The van der Waals surface area contributed by atoms with Crippen molar-refractivity contribution in [3.05, 3.63) is 53.7 Å². The van der Waals surface area contributed by atoms with E-state index in [-0.39, 0.29) is 5.91 Å². The van der Waals surface area contributed by atoms with Gasteiger partial charge in [-0.3, -0.25) is 4.79 Å². The molecule has 98 valence electrons. The molecule has 0 saturated heterocycles. The molecule has 0 unspecified atom stereocenters. The van der Waals surface area contributed by atoms with Gasteiger partial charge in [-0.25, -0.2) is 4.98 Å². The Balaban J connectivity index is 2.25. The van der Waals surface area contributed by atoms with Crippen LogP contribution in [0.25, 0.3) is 0 Å². The molecule has 1 amide bonds. The largest absolute Gasteiger partial charge is 0.373 e. The van der Waals surface area contributed by atoms with Crippen LogP contribution in [-0.2, 0) is 0 Å². The number of carbonyl (C=O) groups excluding carboxylic acids is 1. The third-order valence-electron chi connectivity index (χ3n) is 2.95. The second-order valence-corrected chi connectivity index (χ2v) is 4.36. The number of amides is 1. The number of benzene rings is 1. The summed E-state index contributed by atoms with van der Waals surface area (Å²) in [5, 5.41) is 2.93. The van der Waals surface area contributed by atoms with E-state index in [9.17, 15) is 4.79 Å². The Hall–Kier alpha value is -2.36. The van der Waals surface area contributed by atoms with Crippen molar-refractivity contribution >= 4 is 17.4 Å². The van der Waals surface area contributed by atoms with Crippen LogP contribution in [0.5, 0.6) is 0 Å². The molecule has 4 heteroatoms. The predicted octanol–water partition coefficient (Wildman–Crippen LogP) is 2.71. The maximum Gasteiger partial charge on any atom is 0.276 e. The van der Waals surface area contributed by atoms with Crippen LogP contribution in [0, 0.1) is 6.92 Å². The summed E-state index contributed by atoms with van der Waals surface area (Å²) in [7, 11) is 3.53. The van der Waals surface area contributed by atoms with E-state index in [0.29, 0.717) is 11.5 Å². The van der Waals surface area contributed by atoms with Crippen molar-refractivity contribution in [1.29, 1.82) is 0 Å². The fraction of sp³-hybridized carbons (Fsp3) is 0.200. The fourth-order valence-electron chi connectivity index (χ4n) is 1.75. The summed E-state index contributed by atoms with van der Waals surface area (Å²) in [6.07, 6.45) is 0. The Bertz CT molecular complexity index is 578. The van der Waals surface area contributed by atoms with Crippen LogP contribution in [0.2, 0.25) is 0 Å². The molecule has 0 atom stereocenters. The highest BCUT2D eigenvalue weighted by Crippen LogP contribution is 2.16. The fourth-order valence-corrected chi connectivity index (χ4v) is 1.75. The Morgan fingerprint density at radius 3 is 2.47 bits per heavy atom. The van der Waals surface area contributed by atoms with Crippen molar-refractivity contribution in [2.45, 2.75) is 6.92 Å². The van der Waals surface area contributed by atoms with E-state index in [4.69, 9.17) is 0 Å². The van der Waals surface area contributed by atoms with Gasteiger partial charge in [0.2, 0.25) is 0 Å². The molecule has 19 heavy (non-hydrogen) atoms. The molecule has 4 nitrogen and oxygen atoms in total. The first-order valence-electron chi connectivity index (χ1n) is 6.11. The van der Waals surface area contributed by atoms with Gasteiger partial charge in [-0.05, 0) is 31.2 Å². The second kappa shape index (κ2) is 5.52. The van der Waals surface area contributed by atoms with Crippen LogP contribution in [0.1, 0.15) is 16.1 Å². The third kappa shape index (κ3) is 2.91. The molecule has 0 aliphatic carbocycles. The zero-order valence-electron chi connectivity index (χ0n) is 11.3. The number of aryl methyl sites for hydroxylation is 1. The molecule has 1 aromatic heterocycles. The van der Waals surface area contributed by atoms with E-state index < -0.39 is 0 Å². The van der Waals surface area contributed by atoms with Crippen LogP contribution < -0.4 is 10.2 Å². The summed E-state index contributed by atoms with van der Waals surface area (Å²) in [5.41, 5.74) is 2.45. The maximum atomic E-state index is 12.3. The quantitative estimate of drug-likeness (QED) is 0.917. The van der Waals surface area contributed by atoms with E-state index in [1.54, 1.807) is 25.1 Å². The van der Waals surface area contributed by atoms with Crippen LogP contribution in [-0.4, -0.2) is 25.0 Å². The van der Waals surface area contributed by atoms with Gasteiger partial charge in [0.1, 0.15) is 11.5 Å². The van der Waals surface area contributed by atoms with Gasteiger partial charge in [-0.1, -0.05) is 23.8 Å². The summed E-state index contributed by atoms with van der Waals surface area (Å²) < 4.78 is 0. The highest BCUT2D eigenvalue weighted by atomic mass is 16.2. The number of pyridine rings is 1. The molecule has 0 aliphatic heterocycles. The SMILES string of the molecule is CNc1cccc(C(=O)N(C)c2ccc(C)cc2)n1. The lowest BCUT2D eigenvalue weighted by Gasteiger charge is -2.17. The molecule has 1 heterocycles. The smallest absolute Gasteiger partial charge is 0.276 e. The minimum absolute atomic E-state index is 0.124. The molecule has 2 aromatic rings. The van der Waals surface area contributed by atoms with Gasteiger partial charge in [0.15, 0.2) is 0 Å². The first kappa shape index (κ1) is 13.1. The van der Waals surface area contributed by atoms with Crippen molar-refractivity contribution in [3.63, 3.8) is 0 Å². The van der Waals surface area contributed by atoms with Gasteiger partial charge in [0.05, 0.1) is 0 Å². The van der Waals surface area contributed by atoms with Gasteiger partial charge in [-0.15, -0.1) is 0 Å². The monoisotopic (exact) mass is 255 g/mol. The minimum Gasteiger partial charge on any atom is -0.373 e. The van der Waals surface area contributed by atoms with Gasteiger partial charge < -0.3 is 10.2 Å². The molecule has 0 fully saturated rings. The molecular weight excluding hydrogens is 238 g/mol. The van der Waals surface area contributed by atoms with Crippen molar-refractivity contribution < 1.29 is 4.79 Å². The normalized spacial score (nSPS) is 10.1. The highest BCUT2D eigenvalue weighted by Gasteiger charge is 2.14. The number of carbonyl (C=O) groups is 1. The van der Waals surface area contributed by atoms with Crippen molar-refractivity contribution in [3.8, 4) is 0 Å². The Morgan fingerprint density at radius 2 is 1.84 bits per heavy atom. The van der Waals surface area contributed by atoms with Crippen molar-refractivity contribution in [2.75, 3.05) is 24.3 Å². The maximum absolute atomic E-state index is 12.3. The van der Waals surface area contributed by atoms with Crippen molar-refractivity contribution in [1.82, 2.24) is 4.98 Å². The Morgan fingerprint density at radius 1 is 1.16 bits per heavy atom. The van der Waals surface area contributed by atoms with E-state index >= 15 is 0 Å². The van der Waals surface area contributed by atoms with E-state index in [1.807, 2.05) is 43.3 Å². The lowest BCUT2D eigenvalue weighted by Crippen LogP contribution is -2.27.